The van der Waals surface area contributed by atoms with Crippen LogP contribution in [-0.2, 0) is 0 Å². The van der Waals surface area contributed by atoms with Crippen molar-refractivity contribution >= 4 is 35.4 Å². The number of hydrogen-bond donors (Lipinski definition) is 0. The largest absolute Gasteiger partial charge is 0.457 e. The van der Waals surface area contributed by atoms with Crippen LogP contribution in [0.1, 0.15) is 17.0 Å². The molecule has 1 aromatic heterocycles. The zero-order valence-electron chi connectivity index (χ0n) is 13.0. The molecule has 1 heterocycles. The Morgan fingerprint density at radius 1 is 0.833 bits per heavy atom. The second-order valence-electron chi connectivity index (χ2n) is 5.32. The van der Waals surface area contributed by atoms with E-state index in [0.717, 1.165) is 17.0 Å². The Morgan fingerprint density at radius 3 is 2.33 bits per heavy atom. The third-order valence-electron chi connectivity index (χ3n) is 3.29. The van der Waals surface area contributed by atoms with Crippen LogP contribution in [0.25, 0.3) is 12.2 Å². The van der Waals surface area contributed by atoms with E-state index < -0.39 is 0 Å². The number of benzene rings is 2. The fourth-order valence-corrected chi connectivity index (χ4v) is 2.75. The van der Waals surface area contributed by atoms with E-state index in [2.05, 4.69) is 4.98 Å². The van der Waals surface area contributed by atoms with Crippen LogP contribution >= 0.6 is 23.2 Å². The van der Waals surface area contributed by atoms with Gasteiger partial charge in [-0.3, -0.25) is 4.98 Å². The zero-order valence-corrected chi connectivity index (χ0v) is 14.6. The molecule has 0 atom stereocenters. The van der Waals surface area contributed by atoms with Crippen LogP contribution in [-0.4, -0.2) is 4.98 Å². The molecule has 2 aromatic carbocycles. The van der Waals surface area contributed by atoms with Crippen LogP contribution < -0.4 is 4.74 Å². The third-order valence-corrected chi connectivity index (χ3v) is 3.72. The number of aromatic nitrogens is 1. The lowest BCUT2D eigenvalue weighted by Gasteiger charge is -2.07. The molecule has 2 nitrogen and oxygen atoms in total. The SMILES string of the molecule is Cc1cccc(/C=C/c2cccc(Oc3cc(Cl)cc(Cl)c3)c2)n1. The van der Waals surface area contributed by atoms with Gasteiger partial charge >= 0.3 is 0 Å². The highest BCUT2D eigenvalue weighted by Crippen LogP contribution is 2.28. The average molecular weight is 356 g/mol. The normalized spacial score (nSPS) is 11.0. The number of aryl methyl sites for hydroxylation is 1. The lowest BCUT2D eigenvalue weighted by Crippen LogP contribution is -1.86. The number of ether oxygens (including phenoxy) is 1. The molecule has 0 bridgehead atoms. The lowest BCUT2D eigenvalue weighted by molar-refractivity contribution is 0.482. The van der Waals surface area contributed by atoms with Gasteiger partial charge in [0.1, 0.15) is 11.5 Å². The first-order valence-electron chi connectivity index (χ1n) is 7.44. The van der Waals surface area contributed by atoms with E-state index in [1.54, 1.807) is 18.2 Å². The van der Waals surface area contributed by atoms with E-state index in [1.807, 2.05) is 61.5 Å². The summed E-state index contributed by atoms with van der Waals surface area (Å²) < 4.78 is 5.83. The van der Waals surface area contributed by atoms with Crippen LogP contribution in [0.3, 0.4) is 0 Å². The Balaban J connectivity index is 1.79. The Kier molecular flexibility index (Phi) is 5.19. The summed E-state index contributed by atoms with van der Waals surface area (Å²) in [7, 11) is 0. The molecule has 0 saturated carbocycles. The van der Waals surface area contributed by atoms with E-state index in [0.29, 0.717) is 21.5 Å². The number of rotatable bonds is 4. The molecule has 0 N–H and O–H groups in total. The minimum atomic E-state index is 0.541. The quantitative estimate of drug-likeness (QED) is 0.521. The summed E-state index contributed by atoms with van der Waals surface area (Å²) in [5, 5.41) is 1.08. The van der Waals surface area contributed by atoms with Gasteiger partial charge in [0, 0.05) is 15.7 Å². The monoisotopic (exact) mass is 355 g/mol. The molecule has 3 rings (SSSR count). The molecule has 0 aliphatic carbocycles. The molecule has 0 spiro atoms. The second kappa shape index (κ2) is 7.52. The number of nitrogens with zero attached hydrogens (tertiary/aromatic N) is 1. The molecule has 0 fully saturated rings. The van der Waals surface area contributed by atoms with Crippen molar-refractivity contribution in [3.63, 3.8) is 0 Å². The molecule has 0 aliphatic heterocycles. The Morgan fingerprint density at radius 2 is 1.58 bits per heavy atom. The molecular formula is C20H15Cl2NO. The molecule has 0 amide bonds. The minimum absolute atomic E-state index is 0.541. The van der Waals surface area contributed by atoms with Crippen molar-refractivity contribution in [2.24, 2.45) is 0 Å². The van der Waals surface area contributed by atoms with Gasteiger partial charge in [0.15, 0.2) is 0 Å². The summed E-state index contributed by atoms with van der Waals surface area (Å²) in [5.74, 6) is 1.32. The topological polar surface area (TPSA) is 22.1 Å². The van der Waals surface area contributed by atoms with Gasteiger partial charge in [0.25, 0.3) is 0 Å². The van der Waals surface area contributed by atoms with Gasteiger partial charge in [-0.1, -0.05) is 47.5 Å². The van der Waals surface area contributed by atoms with Crippen molar-refractivity contribution in [1.82, 2.24) is 4.98 Å². The van der Waals surface area contributed by atoms with E-state index in [9.17, 15) is 0 Å². The molecule has 0 unspecified atom stereocenters. The fraction of sp³-hybridized carbons (Fsp3) is 0.0500. The summed E-state index contributed by atoms with van der Waals surface area (Å²) >= 11 is 12.0. The molecule has 24 heavy (non-hydrogen) atoms. The highest BCUT2D eigenvalue weighted by atomic mass is 35.5. The molecular weight excluding hydrogens is 341 g/mol. The van der Waals surface area contributed by atoms with Crippen molar-refractivity contribution in [2.45, 2.75) is 6.92 Å². The van der Waals surface area contributed by atoms with Crippen LogP contribution in [0, 0.1) is 6.92 Å². The minimum Gasteiger partial charge on any atom is -0.457 e. The number of hydrogen-bond acceptors (Lipinski definition) is 2. The van der Waals surface area contributed by atoms with E-state index >= 15 is 0 Å². The summed E-state index contributed by atoms with van der Waals surface area (Å²) in [4.78, 5) is 4.45. The maximum atomic E-state index is 6.00. The predicted molar refractivity (Wildman–Crippen MR) is 101 cm³/mol. The van der Waals surface area contributed by atoms with Crippen molar-refractivity contribution < 1.29 is 4.74 Å². The van der Waals surface area contributed by atoms with Gasteiger partial charge in [0.05, 0.1) is 5.69 Å². The Hall–Kier alpha value is -2.29. The van der Waals surface area contributed by atoms with Crippen molar-refractivity contribution in [3.8, 4) is 11.5 Å². The first kappa shape index (κ1) is 16.6. The van der Waals surface area contributed by atoms with Gasteiger partial charge in [-0.25, -0.2) is 0 Å². The van der Waals surface area contributed by atoms with Gasteiger partial charge in [-0.2, -0.15) is 0 Å². The maximum Gasteiger partial charge on any atom is 0.130 e. The van der Waals surface area contributed by atoms with Crippen LogP contribution in [0.2, 0.25) is 10.0 Å². The first-order valence-corrected chi connectivity index (χ1v) is 8.20. The summed E-state index contributed by atoms with van der Waals surface area (Å²) in [5.41, 5.74) is 2.93. The van der Waals surface area contributed by atoms with E-state index in [4.69, 9.17) is 27.9 Å². The summed E-state index contributed by atoms with van der Waals surface area (Å²) in [6.07, 6.45) is 3.97. The molecule has 0 radical (unpaired) electrons. The molecule has 0 saturated heterocycles. The van der Waals surface area contributed by atoms with Crippen molar-refractivity contribution in [2.75, 3.05) is 0 Å². The van der Waals surface area contributed by atoms with E-state index in [-0.39, 0.29) is 0 Å². The summed E-state index contributed by atoms with van der Waals surface area (Å²) in [6.45, 7) is 1.97. The zero-order chi connectivity index (χ0) is 16.9. The Bertz CT molecular complexity index is 870. The lowest BCUT2D eigenvalue weighted by atomic mass is 10.2. The number of pyridine rings is 1. The van der Waals surface area contributed by atoms with Crippen LogP contribution in [0.5, 0.6) is 11.5 Å². The van der Waals surface area contributed by atoms with Crippen molar-refractivity contribution in [3.05, 3.63) is 87.7 Å². The number of halogens is 2. The molecule has 4 heteroatoms. The van der Waals surface area contributed by atoms with Crippen LogP contribution in [0.15, 0.2) is 60.7 Å². The fourth-order valence-electron chi connectivity index (χ4n) is 2.24. The highest BCUT2D eigenvalue weighted by molar-refractivity contribution is 6.34. The van der Waals surface area contributed by atoms with Crippen LogP contribution in [0.4, 0.5) is 0 Å². The predicted octanol–water partition coefficient (Wildman–Crippen LogP) is 6.66. The highest BCUT2D eigenvalue weighted by Gasteiger charge is 2.02. The first-order chi connectivity index (χ1) is 11.6. The summed E-state index contributed by atoms with van der Waals surface area (Å²) in [6, 6.07) is 18.8. The second-order valence-corrected chi connectivity index (χ2v) is 6.19. The third kappa shape index (κ3) is 4.60. The van der Waals surface area contributed by atoms with Gasteiger partial charge in [-0.15, -0.1) is 0 Å². The van der Waals surface area contributed by atoms with Crippen molar-refractivity contribution in [1.29, 1.82) is 0 Å². The molecule has 0 aliphatic rings. The smallest absolute Gasteiger partial charge is 0.130 e. The molecule has 3 aromatic rings. The molecule has 120 valence electrons. The van der Waals surface area contributed by atoms with Gasteiger partial charge in [-0.05, 0) is 61.0 Å². The Labute approximate surface area is 151 Å². The van der Waals surface area contributed by atoms with Gasteiger partial charge < -0.3 is 4.74 Å². The average Bonchev–Trinajstić information content (AvgIpc) is 2.52. The van der Waals surface area contributed by atoms with Gasteiger partial charge in [0.2, 0.25) is 0 Å². The van der Waals surface area contributed by atoms with E-state index in [1.165, 1.54) is 0 Å². The maximum absolute atomic E-state index is 6.00. The standard InChI is InChI=1S/C20H15Cl2NO/c1-14-4-2-6-18(23-14)9-8-15-5-3-7-19(10-15)24-20-12-16(21)11-17(22)13-20/h2-13H,1H3/b9-8+.